The number of phenols is 1. The summed E-state index contributed by atoms with van der Waals surface area (Å²) in [5.74, 6) is 0.196. The molecule has 1 heterocycles. The molecule has 5 nitrogen and oxygen atoms in total. The Labute approximate surface area is 158 Å². The summed E-state index contributed by atoms with van der Waals surface area (Å²) in [6.45, 7) is 2.09. The molecule has 0 saturated carbocycles. The van der Waals surface area contributed by atoms with E-state index in [-0.39, 0.29) is 17.5 Å². The second kappa shape index (κ2) is 8.39. The Morgan fingerprint density at radius 3 is 2.63 bits per heavy atom. The molecular weight excluding hydrogens is 349 g/mol. The van der Waals surface area contributed by atoms with Crippen LogP contribution in [-0.2, 0) is 6.54 Å². The van der Waals surface area contributed by atoms with E-state index in [0.717, 1.165) is 24.9 Å². The minimum atomic E-state index is -0.444. The monoisotopic (exact) mass is 373 g/mol. The van der Waals surface area contributed by atoms with Gasteiger partial charge < -0.3 is 14.6 Å². The fraction of sp³-hybridized carbons (Fsp3) is 0.381. The average Bonchev–Trinajstić information content (AvgIpc) is 2.68. The lowest BCUT2D eigenvalue weighted by atomic mass is 9.89. The van der Waals surface area contributed by atoms with Gasteiger partial charge in [-0.3, -0.25) is 9.69 Å². The van der Waals surface area contributed by atoms with Gasteiger partial charge in [-0.05, 0) is 55.3 Å². The number of piperidine rings is 1. The van der Waals surface area contributed by atoms with Gasteiger partial charge in [0, 0.05) is 19.0 Å². The van der Waals surface area contributed by atoms with Gasteiger partial charge in [0.05, 0.1) is 19.8 Å². The molecule has 1 atom stereocenters. The Morgan fingerprint density at radius 1 is 1.19 bits per heavy atom. The van der Waals surface area contributed by atoms with Crippen LogP contribution in [0.25, 0.3) is 0 Å². The summed E-state index contributed by atoms with van der Waals surface area (Å²) in [6.07, 6.45) is 1.65. The topological polar surface area (TPSA) is 59.0 Å². The lowest BCUT2D eigenvalue weighted by molar-refractivity contribution is 0.0808. The van der Waals surface area contributed by atoms with Crippen molar-refractivity contribution in [3.05, 3.63) is 53.3 Å². The van der Waals surface area contributed by atoms with Crippen molar-refractivity contribution >= 4 is 5.78 Å². The Balaban J connectivity index is 1.71. The quantitative estimate of drug-likeness (QED) is 0.784. The molecule has 0 aromatic heterocycles. The maximum absolute atomic E-state index is 13.6. The van der Waals surface area contributed by atoms with Crippen LogP contribution >= 0.6 is 0 Å². The van der Waals surface area contributed by atoms with E-state index in [1.165, 1.54) is 32.4 Å². The number of carbonyl (C=O) groups excluding carboxylic acids is 1. The lowest BCUT2D eigenvalue weighted by Gasteiger charge is -2.32. The molecule has 0 radical (unpaired) electrons. The third-order valence-electron chi connectivity index (χ3n) is 4.95. The lowest BCUT2D eigenvalue weighted by Crippen LogP contribution is -2.38. The number of nitrogens with zero attached hydrogens (tertiary/aromatic N) is 1. The Bertz CT molecular complexity index is 824. The first-order valence-electron chi connectivity index (χ1n) is 8.97. The zero-order valence-electron chi connectivity index (χ0n) is 15.6. The van der Waals surface area contributed by atoms with Crippen molar-refractivity contribution in [3.63, 3.8) is 0 Å². The van der Waals surface area contributed by atoms with E-state index < -0.39 is 5.82 Å². The second-order valence-corrected chi connectivity index (χ2v) is 6.79. The summed E-state index contributed by atoms with van der Waals surface area (Å²) in [5.41, 5.74) is 1.25. The van der Waals surface area contributed by atoms with Crippen molar-refractivity contribution in [1.29, 1.82) is 0 Å². The van der Waals surface area contributed by atoms with Gasteiger partial charge in [0.15, 0.2) is 17.3 Å². The van der Waals surface area contributed by atoms with Crippen LogP contribution in [0.4, 0.5) is 4.39 Å². The molecule has 3 rings (SSSR count). The molecular formula is C21H24FNO4. The van der Waals surface area contributed by atoms with Gasteiger partial charge in [-0.2, -0.15) is 0 Å². The fourth-order valence-electron chi connectivity index (χ4n) is 3.60. The fourth-order valence-corrected chi connectivity index (χ4v) is 3.60. The number of carbonyl (C=O) groups is 1. The number of methoxy groups -OCH3 is 2. The Hall–Kier alpha value is -2.60. The van der Waals surface area contributed by atoms with Gasteiger partial charge in [0.1, 0.15) is 11.6 Å². The molecule has 1 N–H and O–H groups in total. The molecule has 0 aliphatic carbocycles. The first kappa shape index (κ1) is 19.2. The summed E-state index contributed by atoms with van der Waals surface area (Å²) >= 11 is 0. The first-order valence-corrected chi connectivity index (χ1v) is 8.97. The van der Waals surface area contributed by atoms with Crippen LogP contribution in [0.5, 0.6) is 17.2 Å². The van der Waals surface area contributed by atoms with Gasteiger partial charge >= 0.3 is 0 Å². The van der Waals surface area contributed by atoms with Crippen LogP contribution in [0.2, 0.25) is 0 Å². The number of hydrogen-bond acceptors (Lipinski definition) is 5. The molecule has 1 aliphatic rings. The van der Waals surface area contributed by atoms with Crippen molar-refractivity contribution in [3.8, 4) is 17.2 Å². The zero-order chi connectivity index (χ0) is 19.4. The molecule has 2 aromatic rings. The maximum Gasteiger partial charge on any atom is 0.171 e. The zero-order valence-corrected chi connectivity index (χ0v) is 15.6. The van der Waals surface area contributed by atoms with Crippen LogP contribution in [-0.4, -0.2) is 43.1 Å². The highest BCUT2D eigenvalue weighted by molar-refractivity contribution is 6.00. The normalized spacial score (nSPS) is 17.5. The minimum Gasteiger partial charge on any atom is -0.504 e. The average molecular weight is 373 g/mol. The van der Waals surface area contributed by atoms with Gasteiger partial charge in [-0.25, -0.2) is 4.39 Å². The van der Waals surface area contributed by atoms with Crippen LogP contribution < -0.4 is 9.47 Å². The van der Waals surface area contributed by atoms with Gasteiger partial charge in [0.25, 0.3) is 0 Å². The largest absolute Gasteiger partial charge is 0.504 e. The van der Waals surface area contributed by atoms with Gasteiger partial charge in [-0.15, -0.1) is 0 Å². The molecule has 0 amide bonds. The van der Waals surface area contributed by atoms with Crippen LogP contribution in [0, 0.1) is 11.7 Å². The molecule has 2 aromatic carbocycles. The maximum atomic E-state index is 13.6. The summed E-state index contributed by atoms with van der Waals surface area (Å²) in [4.78, 5) is 15.1. The number of hydrogen-bond donors (Lipinski definition) is 1. The summed E-state index contributed by atoms with van der Waals surface area (Å²) < 4.78 is 23.9. The highest BCUT2D eigenvalue weighted by Gasteiger charge is 2.28. The number of benzene rings is 2. The molecule has 0 unspecified atom stereocenters. The number of ether oxygens (including phenoxy) is 2. The van der Waals surface area contributed by atoms with E-state index in [2.05, 4.69) is 4.90 Å². The number of halogens is 1. The minimum absolute atomic E-state index is 0.0892. The Kier molecular flexibility index (Phi) is 5.96. The molecule has 6 heteroatoms. The van der Waals surface area contributed by atoms with Crippen molar-refractivity contribution in [2.45, 2.75) is 19.4 Å². The standard InChI is InChI=1S/C21H24FNO4/c1-26-19-8-6-16(22)11-17(19)21(25)15-4-3-9-23(13-15)12-14-5-7-20(27-2)18(24)10-14/h5-8,10-11,15,24H,3-4,9,12-13H2,1-2H3/t15-/m0/s1. The molecule has 0 spiro atoms. The van der Waals surface area contributed by atoms with E-state index >= 15 is 0 Å². The highest BCUT2D eigenvalue weighted by atomic mass is 19.1. The van der Waals surface area contributed by atoms with E-state index in [1.807, 2.05) is 6.07 Å². The molecule has 27 heavy (non-hydrogen) atoms. The van der Waals surface area contributed by atoms with E-state index in [9.17, 15) is 14.3 Å². The van der Waals surface area contributed by atoms with Crippen LogP contribution in [0.15, 0.2) is 36.4 Å². The predicted octanol–water partition coefficient (Wildman–Crippen LogP) is 3.64. The molecule has 0 bridgehead atoms. The number of Topliss-reactive ketones (excluding diaryl/α,β-unsaturated/α-hetero) is 1. The number of rotatable bonds is 6. The summed E-state index contributed by atoms with van der Waals surface area (Å²) in [5, 5.41) is 9.95. The van der Waals surface area contributed by atoms with Crippen molar-refractivity contribution in [1.82, 2.24) is 4.90 Å². The van der Waals surface area contributed by atoms with Crippen molar-refractivity contribution in [2.75, 3.05) is 27.3 Å². The second-order valence-electron chi connectivity index (χ2n) is 6.79. The number of aromatic hydroxyl groups is 1. The van der Waals surface area contributed by atoms with Crippen molar-refractivity contribution in [2.24, 2.45) is 5.92 Å². The van der Waals surface area contributed by atoms with E-state index in [0.29, 0.717) is 30.2 Å². The van der Waals surface area contributed by atoms with Crippen LogP contribution in [0.3, 0.4) is 0 Å². The SMILES string of the molecule is COc1ccc(CN2CCC[C@H](C(=O)c3cc(F)ccc3OC)C2)cc1O. The van der Waals surface area contributed by atoms with Gasteiger partial charge in [-0.1, -0.05) is 6.07 Å². The van der Waals surface area contributed by atoms with Crippen molar-refractivity contribution < 1.29 is 23.8 Å². The third-order valence-corrected chi connectivity index (χ3v) is 4.95. The first-order chi connectivity index (χ1) is 13.0. The summed E-state index contributed by atoms with van der Waals surface area (Å²) in [6, 6.07) is 9.35. The molecule has 144 valence electrons. The highest BCUT2D eigenvalue weighted by Crippen LogP contribution is 2.30. The number of phenolic OH excluding ortho intramolecular Hbond substituents is 1. The molecule has 1 aliphatic heterocycles. The number of ketones is 1. The third kappa shape index (κ3) is 4.39. The van der Waals surface area contributed by atoms with Crippen LogP contribution in [0.1, 0.15) is 28.8 Å². The predicted molar refractivity (Wildman–Crippen MR) is 99.9 cm³/mol. The Morgan fingerprint density at radius 2 is 1.93 bits per heavy atom. The van der Waals surface area contributed by atoms with E-state index in [1.54, 1.807) is 12.1 Å². The summed E-state index contributed by atoms with van der Waals surface area (Å²) in [7, 11) is 2.99. The molecule has 1 saturated heterocycles. The number of likely N-dealkylation sites (tertiary alicyclic amines) is 1. The van der Waals surface area contributed by atoms with Gasteiger partial charge in [0.2, 0.25) is 0 Å². The van der Waals surface area contributed by atoms with E-state index in [4.69, 9.17) is 9.47 Å². The molecule has 1 fully saturated rings. The smallest absolute Gasteiger partial charge is 0.171 e.